The molecule has 2 aromatic carbocycles. The monoisotopic (exact) mass is 322 g/mol. The molecule has 1 heterocycles. The summed E-state index contributed by atoms with van der Waals surface area (Å²) in [5.41, 5.74) is 0.848. The summed E-state index contributed by atoms with van der Waals surface area (Å²) in [5.74, 6) is -2.70. The molecule has 0 aliphatic carbocycles. The predicted octanol–water partition coefficient (Wildman–Crippen LogP) is 2.92. The zero-order valence-corrected chi connectivity index (χ0v) is 12.5. The van der Waals surface area contributed by atoms with Crippen molar-refractivity contribution >= 4 is 11.9 Å². The van der Waals surface area contributed by atoms with Crippen LogP contribution in [0.15, 0.2) is 67.0 Å². The average molecular weight is 322 g/mol. The van der Waals surface area contributed by atoms with E-state index in [1.54, 1.807) is 0 Å². The number of aromatic nitrogens is 2. The number of carboxylic acids is 2. The van der Waals surface area contributed by atoms with Crippen LogP contribution in [0.2, 0.25) is 0 Å². The van der Waals surface area contributed by atoms with Crippen molar-refractivity contribution in [1.82, 2.24) is 9.55 Å². The molecule has 0 amide bonds. The van der Waals surface area contributed by atoms with E-state index >= 15 is 0 Å². The van der Waals surface area contributed by atoms with Crippen LogP contribution in [0.5, 0.6) is 0 Å². The van der Waals surface area contributed by atoms with Gasteiger partial charge in [0.1, 0.15) is 0 Å². The minimum atomic E-state index is -1.37. The normalized spacial score (nSPS) is 10.7. The van der Waals surface area contributed by atoms with E-state index in [1.165, 1.54) is 10.9 Å². The number of hydrogen-bond acceptors (Lipinski definition) is 3. The lowest BCUT2D eigenvalue weighted by atomic mass is 9.98. The third-order valence-corrected chi connectivity index (χ3v) is 3.71. The second-order valence-electron chi connectivity index (χ2n) is 5.18. The highest BCUT2D eigenvalue weighted by Crippen LogP contribution is 2.29. The first-order valence-electron chi connectivity index (χ1n) is 7.23. The van der Waals surface area contributed by atoms with Gasteiger partial charge in [0.15, 0.2) is 11.4 Å². The van der Waals surface area contributed by atoms with Crippen molar-refractivity contribution < 1.29 is 19.8 Å². The summed E-state index contributed by atoms with van der Waals surface area (Å²) in [5, 5.41) is 18.7. The standard InChI is InChI=1S/C18H14N2O4/c21-17(22)14-16(18(23)24)20(11-19-14)15(12-7-3-1-4-8-12)13-9-5-2-6-10-13/h1-11,15H,(H,21,22)(H,23,24). The van der Waals surface area contributed by atoms with Gasteiger partial charge in [-0.05, 0) is 11.1 Å². The lowest BCUT2D eigenvalue weighted by molar-refractivity contribution is 0.0640. The van der Waals surface area contributed by atoms with Crippen LogP contribution in [0.25, 0.3) is 0 Å². The van der Waals surface area contributed by atoms with Gasteiger partial charge in [0, 0.05) is 0 Å². The van der Waals surface area contributed by atoms with E-state index in [1.807, 2.05) is 60.7 Å². The molecule has 0 saturated heterocycles. The van der Waals surface area contributed by atoms with Gasteiger partial charge < -0.3 is 14.8 Å². The minimum Gasteiger partial charge on any atom is -0.476 e. The van der Waals surface area contributed by atoms with E-state index in [9.17, 15) is 19.8 Å². The van der Waals surface area contributed by atoms with Gasteiger partial charge in [-0.25, -0.2) is 14.6 Å². The van der Waals surface area contributed by atoms with Crippen LogP contribution in [0.4, 0.5) is 0 Å². The summed E-state index contributed by atoms with van der Waals surface area (Å²) in [6, 6.07) is 18.1. The third-order valence-electron chi connectivity index (χ3n) is 3.71. The topological polar surface area (TPSA) is 92.4 Å². The molecule has 120 valence electrons. The summed E-state index contributed by atoms with van der Waals surface area (Å²) in [6.07, 6.45) is 1.26. The number of benzene rings is 2. The number of rotatable bonds is 5. The van der Waals surface area contributed by atoms with Crippen molar-refractivity contribution in [3.63, 3.8) is 0 Å². The maximum Gasteiger partial charge on any atom is 0.357 e. The van der Waals surface area contributed by atoms with E-state index < -0.39 is 23.7 Å². The first kappa shape index (κ1) is 15.5. The summed E-state index contributed by atoms with van der Waals surface area (Å²) < 4.78 is 1.39. The fourth-order valence-electron chi connectivity index (χ4n) is 2.71. The van der Waals surface area contributed by atoms with E-state index in [2.05, 4.69) is 4.98 Å². The number of hydrogen-bond donors (Lipinski definition) is 2. The van der Waals surface area contributed by atoms with Gasteiger partial charge >= 0.3 is 11.9 Å². The highest BCUT2D eigenvalue weighted by atomic mass is 16.4. The van der Waals surface area contributed by atoms with E-state index in [0.717, 1.165) is 11.1 Å². The molecule has 0 saturated carbocycles. The van der Waals surface area contributed by atoms with Gasteiger partial charge in [-0.1, -0.05) is 60.7 Å². The second kappa shape index (κ2) is 6.37. The SMILES string of the molecule is O=C(O)c1ncn(C(c2ccccc2)c2ccccc2)c1C(=O)O. The molecule has 0 aliphatic heterocycles. The van der Waals surface area contributed by atoms with Crippen molar-refractivity contribution in [3.8, 4) is 0 Å². The Balaban J connectivity index is 2.25. The number of aromatic carboxylic acids is 2. The summed E-state index contributed by atoms with van der Waals surface area (Å²) >= 11 is 0. The van der Waals surface area contributed by atoms with Crippen molar-refractivity contribution in [2.24, 2.45) is 0 Å². The molecule has 2 N–H and O–H groups in total. The van der Waals surface area contributed by atoms with E-state index in [0.29, 0.717) is 0 Å². The van der Waals surface area contributed by atoms with Crippen molar-refractivity contribution in [3.05, 3.63) is 89.5 Å². The highest BCUT2D eigenvalue weighted by Gasteiger charge is 2.28. The Bertz CT molecular complexity index is 833. The molecular formula is C18H14N2O4. The Kier molecular flexibility index (Phi) is 4.11. The molecule has 0 atom stereocenters. The van der Waals surface area contributed by atoms with Gasteiger partial charge in [-0.2, -0.15) is 0 Å². The van der Waals surface area contributed by atoms with Crippen LogP contribution < -0.4 is 0 Å². The largest absolute Gasteiger partial charge is 0.476 e. The summed E-state index contributed by atoms with van der Waals surface area (Å²) in [6.45, 7) is 0. The lowest BCUT2D eigenvalue weighted by Crippen LogP contribution is -2.19. The highest BCUT2D eigenvalue weighted by molar-refractivity contribution is 5.99. The molecule has 0 spiro atoms. The van der Waals surface area contributed by atoms with Gasteiger partial charge in [0.05, 0.1) is 12.4 Å². The van der Waals surface area contributed by atoms with Gasteiger partial charge in [0.2, 0.25) is 0 Å². The maximum atomic E-state index is 11.7. The molecule has 0 bridgehead atoms. The number of carboxylic acid groups (broad SMARTS) is 2. The van der Waals surface area contributed by atoms with Crippen LogP contribution in [0, 0.1) is 0 Å². The fourth-order valence-corrected chi connectivity index (χ4v) is 2.71. The average Bonchev–Trinajstić information content (AvgIpc) is 3.02. The quantitative estimate of drug-likeness (QED) is 0.753. The Hall–Kier alpha value is -3.41. The molecule has 3 rings (SSSR count). The van der Waals surface area contributed by atoms with Crippen LogP contribution in [0.3, 0.4) is 0 Å². The minimum absolute atomic E-state index is 0.347. The Morgan fingerprint density at radius 2 is 1.33 bits per heavy atom. The van der Waals surface area contributed by atoms with Crippen LogP contribution in [0.1, 0.15) is 38.1 Å². The molecule has 0 unspecified atom stereocenters. The fraction of sp³-hybridized carbons (Fsp3) is 0.0556. The van der Waals surface area contributed by atoms with Crippen LogP contribution >= 0.6 is 0 Å². The van der Waals surface area contributed by atoms with Gasteiger partial charge in [-0.3, -0.25) is 0 Å². The first-order valence-corrected chi connectivity index (χ1v) is 7.23. The molecule has 24 heavy (non-hydrogen) atoms. The number of nitrogens with zero attached hydrogens (tertiary/aromatic N) is 2. The van der Waals surface area contributed by atoms with Gasteiger partial charge in [-0.15, -0.1) is 0 Å². The molecule has 3 aromatic rings. The van der Waals surface area contributed by atoms with Crippen LogP contribution in [-0.2, 0) is 0 Å². The third kappa shape index (κ3) is 2.77. The number of imidazole rings is 1. The molecule has 1 aromatic heterocycles. The van der Waals surface area contributed by atoms with E-state index in [-0.39, 0.29) is 5.69 Å². The predicted molar refractivity (Wildman–Crippen MR) is 86.3 cm³/mol. The Morgan fingerprint density at radius 1 is 0.833 bits per heavy atom. The molecule has 6 nitrogen and oxygen atoms in total. The molecule has 0 aliphatic rings. The molecule has 0 fully saturated rings. The molecule has 0 radical (unpaired) electrons. The van der Waals surface area contributed by atoms with Crippen molar-refractivity contribution in [1.29, 1.82) is 0 Å². The Labute approximate surface area is 137 Å². The lowest BCUT2D eigenvalue weighted by Gasteiger charge is -2.21. The van der Waals surface area contributed by atoms with Gasteiger partial charge in [0.25, 0.3) is 0 Å². The second-order valence-corrected chi connectivity index (χ2v) is 5.18. The van der Waals surface area contributed by atoms with Crippen molar-refractivity contribution in [2.75, 3.05) is 0 Å². The summed E-state index contributed by atoms with van der Waals surface area (Å²) in [7, 11) is 0. The number of carbonyl (C=O) groups is 2. The summed E-state index contributed by atoms with van der Waals surface area (Å²) in [4.78, 5) is 26.7. The zero-order chi connectivity index (χ0) is 17.1. The van der Waals surface area contributed by atoms with Crippen molar-refractivity contribution in [2.45, 2.75) is 6.04 Å². The smallest absolute Gasteiger partial charge is 0.357 e. The van der Waals surface area contributed by atoms with E-state index in [4.69, 9.17) is 0 Å². The zero-order valence-electron chi connectivity index (χ0n) is 12.5. The molecule has 6 heteroatoms. The molecular weight excluding hydrogens is 308 g/mol. The maximum absolute atomic E-state index is 11.7. The first-order chi connectivity index (χ1) is 11.6. The van der Waals surface area contributed by atoms with Crippen LogP contribution in [-0.4, -0.2) is 31.7 Å². The Morgan fingerprint density at radius 3 is 1.75 bits per heavy atom.